The van der Waals surface area contributed by atoms with Crippen LogP contribution < -0.4 is 5.32 Å². The highest BCUT2D eigenvalue weighted by Gasteiger charge is 2.32. The third kappa shape index (κ3) is 4.69. The summed E-state index contributed by atoms with van der Waals surface area (Å²) in [5, 5.41) is 5.15. The molecule has 1 amide bonds. The van der Waals surface area contributed by atoms with E-state index in [4.69, 9.17) is 0 Å². The number of hydrogen-bond acceptors (Lipinski definition) is 2. The number of amides is 1. The summed E-state index contributed by atoms with van der Waals surface area (Å²) in [4.78, 5) is 14.5. The van der Waals surface area contributed by atoms with Gasteiger partial charge >= 0.3 is 0 Å². The van der Waals surface area contributed by atoms with Crippen LogP contribution in [0.15, 0.2) is 24.3 Å². The van der Waals surface area contributed by atoms with Crippen LogP contribution in [-0.4, -0.2) is 34.5 Å². The van der Waals surface area contributed by atoms with Crippen LogP contribution in [0.5, 0.6) is 0 Å². The fraction of sp³-hybridized carbons (Fsp3) is 0.640. The normalized spacial score (nSPS) is 17.7. The van der Waals surface area contributed by atoms with E-state index in [1.54, 1.807) is 6.92 Å². The van der Waals surface area contributed by atoms with Crippen LogP contribution in [0.4, 0.5) is 0 Å². The summed E-state index contributed by atoms with van der Waals surface area (Å²) >= 11 is 0. The van der Waals surface area contributed by atoms with Gasteiger partial charge in [0.15, 0.2) is 0 Å². The second-order valence-corrected chi connectivity index (χ2v) is 9.01. The molecule has 1 aromatic carbocycles. The number of nitrogens with zero attached hydrogens (tertiary/aromatic N) is 2. The number of unbranched alkanes of at least 4 members (excludes halogenated alkanes) is 1. The number of carbonyl (C=O) groups excluding carboxylic acids is 1. The van der Waals surface area contributed by atoms with Gasteiger partial charge in [-0.1, -0.05) is 51.8 Å². The van der Waals surface area contributed by atoms with Gasteiger partial charge in [-0.25, -0.2) is 0 Å². The molecule has 0 bridgehead atoms. The van der Waals surface area contributed by atoms with Gasteiger partial charge in [-0.3, -0.25) is 4.79 Å². The van der Waals surface area contributed by atoms with Crippen molar-refractivity contribution in [2.75, 3.05) is 13.1 Å². The summed E-state index contributed by atoms with van der Waals surface area (Å²) in [5.41, 5.74) is 4.08. The zero-order chi connectivity index (χ0) is 21.0. The molecule has 2 unspecified atom stereocenters. The molecule has 0 saturated heterocycles. The van der Waals surface area contributed by atoms with E-state index in [2.05, 4.69) is 66.9 Å². The molecular formula is C25H39N3O. The smallest absolute Gasteiger partial charge is 0.220 e. The summed E-state index contributed by atoms with van der Waals surface area (Å²) in [6.45, 7) is 10.5. The first-order valence-electron chi connectivity index (χ1n) is 11.5. The van der Waals surface area contributed by atoms with Gasteiger partial charge in [-0.15, -0.1) is 0 Å². The van der Waals surface area contributed by atoms with Gasteiger partial charge in [0, 0.05) is 43.2 Å². The van der Waals surface area contributed by atoms with Crippen molar-refractivity contribution in [3.05, 3.63) is 35.5 Å². The second kappa shape index (κ2) is 9.80. The number of hydrogen-bond donors (Lipinski definition) is 1. The molecule has 0 saturated carbocycles. The van der Waals surface area contributed by atoms with Gasteiger partial charge < -0.3 is 14.8 Å². The number of aryl methyl sites for hydroxylation is 1. The Kier molecular flexibility index (Phi) is 7.39. The zero-order valence-electron chi connectivity index (χ0n) is 19.0. The Balaban J connectivity index is 1.74. The Bertz CT molecular complexity index is 823. The maximum atomic E-state index is 12.4. The van der Waals surface area contributed by atoms with E-state index >= 15 is 0 Å². The van der Waals surface area contributed by atoms with Crippen molar-refractivity contribution in [2.24, 2.45) is 13.0 Å². The first-order chi connectivity index (χ1) is 14.0. The van der Waals surface area contributed by atoms with Gasteiger partial charge in [0.1, 0.15) is 0 Å². The van der Waals surface area contributed by atoms with Crippen molar-refractivity contribution in [3.63, 3.8) is 0 Å². The van der Waals surface area contributed by atoms with Crippen molar-refractivity contribution in [1.82, 2.24) is 14.8 Å². The molecule has 29 heavy (non-hydrogen) atoms. The Morgan fingerprint density at radius 1 is 1.24 bits per heavy atom. The first kappa shape index (κ1) is 21.9. The fourth-order valence-electron chi connectivity index (χ4n) is 5.06. The van der Waals surface area contributed by atoms with Gasteiger partial charge in [0.25, 0.3) is 0 Å². The minimum atomic E-state index is 0.184. The number of benzene rings is 1. The lowest BCUT2D eigenvalue weighted by atomic mass is 9.93. The number of carbonyl (C=O) groups is 1. The maximum Gasteiger partial charge on any atom is 0.220 e. The summed E-state index contributed by atoms with van der Waals surface area (Å²) in [6, 6.07) is 9.45. The van der Waals surface area contributed by atoms with Crippen molar-refractivity contribution in [3.8, 4) is 0 Å². The van der Waals surface area contributed by atoms with E-state index in [0.29, 0.717) is 12.0 Å². The summed E-state index contributed by atoms with van der Waals surface area (Å²) in [7, 11) is 2.16. The second-order valence-electron chi connectivity index (χ2n) is 9.01. The third-order valence-electron chi connectivity index (χ3n) is 6.69. The minimum Gasteiger partial charge on any atom is -0.346 e. The van der Waals surface area contributed by atoms with Gasteiger partial charge in [0.05, 0.1) is 6.04 Å². The van der Waals surface area contributed by atoms with Crippen LogP contribution in [0.1, 0.15) is 77.1 Å². The molecule has 3 rings (SSSR count). The summed E-state index contributed by atoms with van der Waals surface area (Å²) in [6.07, 6.45) is 6.86. The monoisotopic (exact) mass is 397 g/mol. The Labute approximate surface area is 176 Å². The maximum absolute atomic E-state index is 12.4. The fourth-order valence-corrected chi connectivity index (χ4v) is 5.06. The van der Waals surface area contributed by atoms with Crippen LogP contribution in [0, 0.1) is 5.92 Å². The van der Waals surface area contributed by atoms with Crippen LogP contribution in [0.2, 0.25) is 0 Å². The van der Waals surface area contributed by atoms with Crippen LogP contribution in [0.25, 0.3) is 10.9 Å². The highest BCUT2D eigenvalue weighted by molar-refractivity contribution is 5.86. The lowest BCUT2D eigenvalue weighted by Gasteiger charge is -2.36. The number of fused-ring (bicyclic) bond motifs is 3. The predicted octanol–water partition coefficient (Wildman–Crippen LogP) is 5.21. The molecule has 4 heteroatoms. The molecule has 2 aromatic rings. The van der Waals surface area contributed by atoms with E-state index < -0.39 is 0 Å². The van der Waals surface area contributed by atoms with Crippen molar-refractivity contribution in [1.29, 1.82) is 0 Å². The molecule has 2 atom stereocenters. The summed E-state index contributed by atoms with van der Waals surface area (Å²) in [5.74, 6) is 0.858. The van der Waals surface area contributed by atoms with E-state index in [1.165, 1.54) is 41.4 Å². The average molecular weight is 398 g/mol. The molecule has 4 nitrogen and oxygen atoms in total. The predicted molar refractivity (Wildman–Crippen MR) is 122 cm³/mol. The van der Waals surface area contributed by atoms with E-state index in [9.17, 15) is 4.79 Å². The third-order valence-corrected chi connectivity index (χ3v) is 6.69. The molecule has 160 valence electrons. The molecule has 0 radical (unpaired) electrons. The van der Waals surface area contributed by atoms with Crippen LogP contribution in [-0.2, 0) is 18.3 Å². The van der Waals surface area contributed by atoms with Crippen molar-refractivity contribution >= 4 is 16.8 Å². The lowest BCUT2D eigenvalue weighted by molar-refractivity contribution is -0.132. The van der Waals surface area contributed by atoms with Crippen LogP contribution in [0.3, 0.4) is 0 Å². The van der Waals surface area contributed by atoms with Gasteiger partial charge in [0.2, 0.25) is 5.91 Å². The molecule has 0 spiro atoms. The minimum absolute atomic E-state index is 0.184. The first-order valence-corrected chi connectivity index (χ1v) is 11.5. The topological polar surface area (TPSA) is 37.3 Å². The summed E-state index contributed by atoms with van der Waals surface area (Å²) < 4.78 is 2.33. The Morgan fingerprint density at radius 3 is 2.69 bits per heavy atom. The number of aromatic nitrogens is 1. The average Bonchev–Trinajstić information content (AvgIpc) is 3.00. The van der Waals surface area contributed by atoms with E-state index in [-0.39, 0.29) is 11.9 Å². The lowest BCUT2D eigenvalue weighted by Crippen LogP contribution is -2.40. The Hall–Kier alpha value is -1.81. The standard InChI is InChI=1S/C25H39N3O/c1-6-7-12-22(18(2)3)26-16-10-14-24-25-21(15-17-28(24)19(4)29)20-11-8-9-13-23(20)27(25)5/h8-9,11,13,18,22,24,26H,6-7,10,12,14-17H2,1-5H3. The zero-order valence-corrected chi connectivity index (χ0v) is 19.0. The number of nitrogens with one attached hydrogen (secondary N) is 1. The SMILES string of the molecule is CCCCC(NCCCC1c2c(c3ccccc3n2C)CCN1C(C)=O)C(C)C. The number of rotatable bonds is 9. The van der Waals surface area contributed by atoms with Crippen molar-refractivity contribution in [2.45, 2.75) is 78.3 Å². The quantitative estimate of drug-likeness (QED) is 0.590. The highest BCUT2D eigenvalue weighted by atomic mass is 16.2. The highest BCUT2D eigenvalue weighted by Crippen LogP contribution is 2.38. The van der Waals surface area contributed by atoms with E-state index in [0.717, 1.165) is 32.4 Å². The number of para-hydroxylation sites is 1. The molecule has 0 aliphatic carbocycles. The molecule has 0 fully saturated rings. The molecule has 2 heterocycles. The molecule has 1 aliphatic heterocycles. The van der Waals surface area contributed by atoms with Crippen LogP contribution >= 0.6 is 0 Å². The van der Waals surface area contributed by atoms with Crippen molar-refractivity contribution < 1.29 is 4.79 Å². The molecular weight excluding hydrogens is 358 g/mol. The molecule has 1 N–H and O–H groups in total. The largest absolute Gasteiger partial charge is 0.346 e. The Morgan fingerprint density at radius 2 is 2.00 bits per heavy atom. The van der Waals surface area contributed by atoms with E-state index in [1.807, 2.05) is 0 Å². The molecule has 1 aromatic heterocycles. The molecule has 1 aliphatic rings. The van der Waals surface area contributed by atoms with Gasteiger partial charge in [-0.2, -0.15) is 0 Å². The van der Waals surface area contributed by atoms with Gasteiger partial charge in [-0.05, 0) is 49.8 Å².